The second kappa shape index (κ2) is 14.6. The van der Waals surface area contributed by atoms with Crippen LogP contribution in [0.3, 0.4) is 0 Å². The Balaban J connectivity index is 1.40. The number of carboxylic acid groups (broad SMARTS) is 1. The number of halogens is 6. The van der Waals surface area contributed by atoms with Crippen LogP contribution in [0.1, 0.15) is 67.2 Å². The number of likely N-dealkylation sites (tertiary alicyclic amines) is 3. The Morgan fingerprint density at radius 2 is 1.56 bits per heavy atom. The van der Waals surface area contributed by atoms with Gasteiger partial charge in [-0.25, -0.2) is 4.79 Å². The Hall–Kier alpha value is -3.73. The fraction of sp³-hybridized carbons (Fsp3) is 0.583. The zero-order valence-electron chi connectivity index (χ0n) is 28.6. The molecule has 0 saturated carbocycles. The van der Waals surface area contributed by atoms with Gasteiger partial charge in [0, 0.05) is 68.9 Å². The summed E-state index contributed by atoms with van der Waals surface area (Å²) in [6, 6.07) is 7.39. The highest BCUT2D eigenvalue weighted by Gasteiger charge is 2.61. The summed E-state index contributed by atoms with van der Waals surface area (Å²) in [5, 5.41) is 26.5. The number of hydrogen-bond donors (Lipinski definition) is 2. The first-order valence-electron chi connectivity index (χ1n) is 17.7. The molecule has 2 unspecified atom stereocenters. The van der Waals surface area contributed by atoms with Gasteiger partial charge in [0.05, 0.1) is 30.2 Å². The van der Waals surface area contributed by atoms with Crippen molar-refractivity contribution in [2.75, 3.05) is 44.6 Å². The first-order valence-corrected chi connectivity index (χ1v) is 17.7. The monoisotopic (exact) mass is 739 g/mol. The van der Waals surface area contributed by atoms with E-state index in [-0.39, 0.29) is 57.2 Å². The topological polar surface area (TPSA) is 116 Å². The number of aliphatic hydroxyl groups excluding tert-OH is 1. The van der Waals surface area contributed by atoms with Crippen molar-refractivity contribution in [1.82, 2.24) is 14.7 Å². The standard InChI is InChI=1S/C36H43F6N5O5/c37-35(38,39)26-19-24(20-27(21-26)36(40,41)42)23-47(33(51)52)17-10-29(46-16-5-25-3-1-2-4-31(25)43-32(46)50)22-34(47,11-18-48)45-14-6-28(7-15-45)44-12-8-30(49)9-13-44/h1-4,18-21,28-30,49H,5-17,22-23H2,(H-,43,50,51,52)/t29?,34?,47-/m0/s1. The predicted octanol–water partition coefficient (Wildman–Crippen LogP) is 4.84. The van der Waals surface area contributed by atoms with E-state index in [0.29, 0.717) is 69.3 Å². The summed E-state index contributed by atoms with van der Waals surface area (Å²) >= 11 is 0. The minimum atomic E-state index is -5.15. The van der Waals surface area contributed by atoms with E-state index in [4.69, 9.17) is 0 Å². The third-order valence-corrected chi connectivity index (χ3v) is 11.7. The van der Waals surface area contributed by atoms with Gasteiger partial charge in [-0.05, 0) is 61.9 Å². The lowest BCUT2D eigenvalue weighted by molar-refractivity contribution is -0.956. The van der Waals surface area contributed by atoms with E-state index >= 15 is 0 Å². The number of alkyl halides is 6. The summed E-state index contributed by atoms with van der Waals surface area (Å²) < 4.78 is 82.6. The van der Waals surface area contributed by atoms with Gasteiger partial charge in [-0.15, -0.1) is 0 Å². The van der Waals surface area contributed by atoms with Gasteiger partial charge in [-0.1, -0.05) is 18.2 Å². The van der Waals surface area contributed by atoms with Crippen LogP contribution in [0.2, 0.25) is 0 Å². The molecule has 10 nitrogen and oxygen atoms in total. The Morgan fingerprint density at radius 3 is 2.15 bits per heavy atom. The van der Waals surface area contributed by atoms with E-state index in [0.717, 1.165) is 5.56 Å². The van der Waals surface area contributed by atoms with E-state index in [1.54, 1.807) is 17.0 Å². The zero-order chi connectivity index (χ0) is 37.5. The van der Waals surface area contributed by atoms with Crippen LogP contribution in [-0.2, 0) is 30.1 Å². The predicted molar refractivity (Wildman–Crippen MR) is 174 cm³/mol. The van der Waals surface area contributed by atoms with Gasteiger partial charge in [-0.2, -0.15) is 26.3 Å². The number of para-hydroxylation sites is 1. The van der Waals surface area contributed by atoms with E-state index in [9.17, 15) is 50.9 Å². The number of aldehydes is 1. The van der Waals surface area contributed by atoms with Gasteiger partial charge in [0.15, 0.2) is 5.66 Å². The number of carbonyl (C=O) groups excluding carboxylic acids is 3. The SMILES string of the molecule is O=CCC1(N2CCC(N3CCC(O)CC3)CC2)CC(N2CCc3ccccc3NC2=O)CC[N@+]1(Cc1cc(C(F)(F)F)cc(C(F)(F)F)c1)C(=O)[O-]. The van der Waals surface area contributed by atoms with Gasteiger partial charge < -0.3 is 34.9 Å². The molecule has 6 rings (SSSR count). The number of piperidine rings is 3. The Morgan fingerprint density at radius 1 is 0.923 bits per heavy atom. The minimum Gasteiger partial charge on any atom is -0.498 e. The average molecular weight is 740 g/mol. The highest BCUT2D eigenvalue weighted by atomic mass is 19.4. The average Bonchev–Trinajstić information content (AvgIpc) is 3.26. The molecule has 0 bridgehead atoms. The van der Waals surface area contributed by atoms with E-state index in [1.807, 2.05) is 17.0 Å². The molecule has 0 radical (unpaired) electrons. The number of quaternary nitrogens is 1. The summed E-state index contributed by atoms with van der Waals surface area (Å²) in [7, 11) is 0. The number of nitrogens with one attached hydrogen (secondary N) is 1. The number of hydrogen-bond acceptors (Lipinski definition) is 7. The number of amides is 3. The summed E-state index contributed by atoms with van der Waals surface area (Å²) in [6.07, 6.45) is -9.54. The highest BCUT2D eigenvalue weighted by molar-refractivity contribution is 5.91. The first kappa shape index (κ1) is 38.0. The fourth-order valence-electron chi connectivity index (χ4n) is 9.03. The minimum absolute atomic E-state index is 0.00189. The van der Waals surface area contributed by atoms with Crippen molar-refractivity contribution in [3.05, 3.63) is 64.7 Å². The molecule has 4 aliphatic heterocycles. The van der Waals surface area contributed by atoms with Crippen molar-refractivity contribution in [3.63, 3.8) is 0 Å². The van der Waals surface area contributed by atoms with Crippen molar-refractivity contribution in [2.45, 2.75) is 94.1 Å². The van der Waals surface area contributed by atoms with Gasteiger partial charge in [-0.3, -0.25) is 9.38 Å². The van der Waals surface area contributed by atoms with E-state index < -0.39 is 70.3 Å². The Bertz CT molecular complexity index is 1610. The maximum Gasteiger partial charge on any atom is 0.416 e. The quantitative estimate of drug-likeness (QED) is 0.237. The van der Waals surface area contributed by atoms with Crippen LogP contribution in [0.25, 0.3) is 0 Å². The molecule has 3 atom stereocenters. The molecule has 2 aromatic rings. The van der Waals surface area contributed by atoms with Crippen LogP contribution in [0.4, 0.5) is 41.6 Å². The van der Waals surface area contributed by atoms with E-state index in [1.165, 1.54) is 0 Å². The molecule has 2 N–H and O–H groups in total. The second-order valence-corrected chi connectivity index (χ2v) is 14.5. The second-order valence-electron chi connectivity index (χ2n) is 14.5. The normalized spacial score (nSPS) is 27.5. The Kier molecular flexibility index (Phi) is 10.7. The van der Waals surface area contributed by atoms with Crippen LogP contribution < -0.4 is 10.4 Å². The maximum atomic E-state index is 14.0. The van der Waals surface area contributed by atoms with Crippen molar-refractivity contribution in [2.24, 2.45) is 0 Å². The third-order valence-electron chi connectivity index (χ3n) is 11.7. The van der Waals surface area contributed by atoms with Crippen LogP contribution in [0.15, 0.2) is 42.5 Å². The van der Waals surface area contributed by atoms with Gasteiger partial charge in [0.2, 0.25) is 0 Å². The Labute approximate surface area is 297 Å². The molecule has 3 saturated heterocycles. The number of fused-ring (bicyclic) bond motifs is 1. The molecule has 0 aromatic heterocycles. The van der Waals surface area contributed by atoms with Crippen LogP contribution in [0.5, 0.6) is 0 Å². The summed E-state index contributed by atoms with van der Waals surface area (Å²) in [4.78, 5) is 45.7. The molecule has 0 spiro atoms. The van der Waals surface area contributed by atoms with E-state index in [2.05, 4.69) is 10.2 Å². The lowest BCUT2D eigenvalue weighted by Crippen LogP contribution is -2.80. The number of urea groups is 1. The summed E-state index contributed by atoms with van der Waals surface area (Å²) in [6.45, 7) is 1.06. The van der Waals surface area contributed by atoms with Gasteiger partial charge in [0.1, 0.15) is 12.8 Å². The molecule has 4 heterocycles. The third kappa shape index (κ3) is 7.39. The largest absolute Gasteiger partial charge is 0.498 e. The molecule has 4 aliphatic rings. The molecular weight excluding hydrogens is 696 g/mol. The van der Waals surface area contributed by atoms with Gasteiger partial charge in [0.25, 0.3) is 6.09 Å². The smallest absolute Gasteiger partial charge is 0.416 e. The number of nitrogens with zero attached hydrogens (tertiary/aromatic N) is 4. The molecule has 52 heavy (non-hydrogen) atoms. The van der Waals surface area contributed by atoms with Crippen LogP contribution >= 0.6 is 0 Å². The van der Waals surface area contributed by atoms with Crippen molar-refractivity contribution >= 4 is 24.1 Å². The lowest BCUT2D eigenvalue weighted by atomic mass is 9.81. The zero-order valence-corrected chi connectivity index (χ0v) is 28.6. The molecular formula is C36H43F6N5O5. The summed E-state index contributed by atoms with van der Waals surface area (Å²) in [5.74, 6) is 0. The number of anilines is 1. The number of carbonyl (C=O) groups is 3. The molecule has 16 heteroatoms. The highest BCUT2D eigenvalue weighted by Crippen LogP contribution is 2.46. The number of benzene rings is 2. The van der Waals surface area contributed by atoms with Crippen LogP contribution in [-0.4, -0.2) is 106 Å². The fourth-order valence-corrected chi connectivity index (χ4v) is 9.03. The molecule has 2 aromatic carbocycles. The summed E-state index contributed by atoms with van der Waals surface area (Å²) in [5.41, 5.74) is -3.81. The van der Waals surface area contributed by atoms with Crippen molar-refractivity contribution in [1.29, 1.82) is 0 Å². The van der Waals surface area contributed by atoms with Crippen molar-refractivity contribution < 1.29 is 55.4 Å². The molecule has 3 amide bonds. The molecule has 284 valence electrons. The van der Waals surface area contributed by atoms with Crippen molar-refractivity contribution in [3.8, 4) is 0 Å². The van der Waals surface area contributed by atoms with Gasteiger partial charge >= 0.3 is 18.4 Å². The molecule has 3 fully saturated rings. The number of rotatable bonds is 7. The molecule has 0 aliphatic carbocycles. The maximum absolute atomic E-state index is 14.0. The first-order chi connectivity index (χ1) is 24.6. The lowest BCUT2D eigenvalue weighted by Gasteiger charge is -2.62. The van der Waals surface area contributed by atoms with Crippen LogP contribution in [0, 0.1) is 0 Å². The number of aliphatic hydroxyl groups is 1.